The van der Waals surface area contributed by atoms with E-state index in [9.17, 15) is 17.6 Å². The van der Waals surface area contributed by atoms with Crippen LogP contribution in [0.15, 0.2) is 47.4 Å². The molecular formula is C15H12Cl2FNO4S. The van der Waals surface area contributed by atoms with E-state index in [1.54, 1.807) is 0 Å². The number of halogens is 3. The van der Waals surface area contributed by atoms with Crippen LogP contribution in [0.5, 0.6) is 5.75 Å². The second kappa shape index (κ2) is 7.48. The molecule has 0 radical (unpaired) electrons. The molecule has 0 atom stereocenters. The van der Waals surface area contributed by atoms with Gasteiger partial charge in [0.2, 0.25) is 10.0 Å². The zero-order valence-corrected chi connectivity index (χ0v) is 14.7. The molecule has 0 aliphatic heterocycles. The standard InChI is InChI=1S/C15H12Cl2FNO4S/c1-19(24(21,22)12-5-3-11(18)4-6-12)9-15(20)23-14-7-2-10(16)8-13(14)17/h2-8H,9H2,1H3. The van der Waals surface area contributed by atoms with Crippen molar-refractivity contribution in [2.24, 2.45) is 0 Å². The van der Waals surface area contributed by atoms with Crippen molar-refractivity contribution < 1.29 is 22.3 Å². The number of hydrogen-bond donors (Lipinski definition) is 0. The third-order valence-electron chi connectivity index (χ3n) is 2.99. The molecule has 0 saturated carbocycles. The monoisotopic (exact) mass is 391 g/mol. The Morgan fingerprint density at radius 2 is 1.79 bits per heavy atom. The van der Waals surface area contributed by atoms with E-state index in [1.165, 1.54) is 25.2 Å². The van der Waals surface area contributed by atoms with E-state index in [0.717, 1.165) is 28.6 Å². The molecule has 2 aromatic rings. The Morgan fingerprint density at radius 3 is 2.38 bits per heavy atom. The van der Waals surface area contributed by atoms with E-state index in [-0.39, 0.29) is 15.7 Å². The van der Waals surface area contributed by atoms with Crippen molar-refractivity contribution in [1.29, 1.82) is 0 Å². The van der Waals surface area contributed by atoms with E-state index < -0.39 is 28.4 Å². The molecule has 9 heteroatoms. The number of rotatable bonds is 5. The molecule has 0 aliphatic rings. The maximum Gasteiger partial charge on any atom is 0.326 e. The molecule has 0 fully saturated rings. The molecule has 0 saturated heterocycles. The van der Waals surface area contributed by atoms with E-state index in [2.05, 4.69) is 0 Å². The number of carbonyl (C=O) groups excluding carboxylic acids is 1. The summed E-state index contributed by atoms with van der Waals surface area (Å²) in [5.74, 6) is -1.32. The molecule has 0 aromatic heterocycles. The van der Waals surface area contributed by atoms with Crippen molar-refractivity contribution in [3.8, 4) is 5.75 Å². The fourth-order valence-corrected chi connectivity index (χ4v) is 3.33. The van der Waals surface area contributed by atoms with Crippen LogP contribution in [0.4, 0.5) is 4.39 Å². The highest BCUT2D eigenvalue weighted by Gasteiger charge is 2.24. The van der Waals surface area contributed by atoms with Crippen LogP contribution in [-0.4, -0.2) is 32.3 Å². The Balaban J connectivity index is 2.09. The summed E-state index contributed by atoms with van der Waals surface area (Å²) in [6.07, 6.45) is 0. The van der Waals surface area contributed by atoms with Gasteiger partial charge in [0.15, 0.2) is 0 Å². The summed E-state index contributed by atoms with van der Waals surface area (Å²) in [6, 6.07) is 8.54. The third kappa shape index (κ3) is 4.45. The fraction of sp³-hybridized carbons (Fsp3) is 0.133. The maximum atomic E-state index is 12.9. The van der Waals surface area contributed by atoms with Gasteiger partial charge in [-0.05, 0) is 42.5 Å². The lowest BCUT2D eigenvalue weighted by Crippen LogP contribution is -2.34. The van der Waals surface area contributed by atoms with Gasteiger partial charge in [-0.25, -0.2) is 12.8 Å². The van der Waals surface area contributed by atoms with Crippen LogP contribution in [0.2, 0.25) is 10.0 Å². The average molecular weight is 392 g/mol. The molecule has 128 valence electrons. The van der Waals surface area contributed by atoms with Crippen molar-refractivity contribution in [2.45, 2.75) is 4.90 Å². The number of carbonyl (C=O) groups is 1. The molecule has 2 aromatic carbocycles. The summed E-state index contributed by atoms with van der Waals surface area (Å²) in [6.45, 7) is -0.543. The number of ether oxygens (including phenoxy) is 1. The van der Waals surface area contributed by atoms with Crippen LogP contribution in [0.1, 0.15) is 0 Å². The predicted octanol–water partition coefficient (Wildman–Crippen LogP) is 3.36. The Kier molecular flexibility index (Phi) is 5.82. The van der Waals surface area contributed by atoms with Gasteiger partial charge in [0.1, 0.15) is 18.1 Å². The number of esters is 1. The van der Waals surface area contributed by atoms with Gasteiger partial charge in [0.25, 0.3) is 0 Å². The first-order valence-electron chi connectivity index (χ1n) is 6.58. The van der Waals surface area contributed by atoms with Crippen molar-refractivity contribution in [3.05, 3.63) is 58.3 Å². The number of likely N-dealkylation sites (N-methyl/N-ethyl adjacent to an activating group) is 1. The molecule has 24 heavy (non-hydrogen) atoms. The van der Waals surface area contributed by atoms with Crippen LogP contribution in [0.25, 0.3) is 0 Å². The Morgan fingerprint density at radius 1 is 1.17 bits per heavy atom. The van der Waals surface area contributed by atoms with Crippen molar-refractivity contribution >= 4 is 39.2 Å². The molecule has 0 unspecified atom stereocenters. The number of hydrogen-bond acceptors (Lipinski definition) is 4. The lowest BCUT2D eigenvalue weighted by atomic mass is 10.3. The Bertz CT molecular complexity index is 856. The van der Waals surface area contributed by atoms with Gasteiger partial charge >= 0.3 is 5.97 Å². The highest BCUT2D eigenvalue weighted by Crippen LogP contribution is 2.27. The zero-order chi connectivity index (χ0) is 17.9. The Hall–Kier alpha value is -1.67. The van der Waals surface area contributed by atoms with Crippen molar-refractivity contribution in [2.75, 3.05) is 13.6 Å². The number of benzene rings is 2. The quantitative estimate of drug-likeness (QED) is 0.578. The van der Waals surface area contributed by atoms with E-state index >= 15 is 0 Å². The molecule has 0 spiro atoms. The first-order chi connectivity index (χ1) is 11.2. The van der Waals surface area contributed by atoms with Crippen molar-refractivity contribution in [3.63, 3.8) is 0 Å². The van der Waals surface area contributed by atoms with Gasteiger partial charge in [-0.1, -0.05) is 23.2 Å². The second-order valence-electron chi connectivity index (χ2n) is 4.76. The summed E-state index contributed by atoms with van der Waals surface area (Å²) in [4.78, 5) is 11.8. The SMILES string of the molecule is CN(CC(=O)Oc1ccc(Cl)cc1Cl)S(=O)(=O)c1ccc(F)cc1. The first-order valence-corrected chi connectivity index (χ1v) is 8.77. The van der Waals surface area contributed by atoms with Gasteiger partial charge < -0.3 is 4.74 Å². The third-order valence-corrected chi connectivity index (χ3v) is 5.34. The molecule has 0 heterocycles. The second-order valence-corrected chi connectivity index (χ2v) is 7.65. The molecule has 2 rings (SSSR count). The fourth-order valence-electron chi connectivity index (χ4n) is 1.77. The molecule has 0 amide bonds. The van der Waals surface area contributed by atoms with Crippen LogP contribution in [-0.2, 0) is 14.8 Å². The van der Waals surface area contributed by atoms with Crippen LogP contribution in [0, 0.1) is 5.82 Å². The van der Waals surface area contributed by atoms with E-state index in [0.29, 0.717) is 5.02 Å². The highest BCUT2D eigenvalue weighted by atomic mass is 35.5. The molecule has 5 nitrogen and oxygen atoms in total. The van der Waals surface area contributed by atoms with Gasteiger partial charge in [0.05, 0.1) is 9.92 Å². The number of nitrogens with zero attached hydrogens (tertiary/aromatic N) is 1. The largest absolute Gasteiger partial charge is 0.424 e. The summed E-state index contributed by atoms with van der Waals surface area (Å²) < 4.78 is 43.3. The Labute approximate surface area is 148 Å². The molecule has 0 aliphatic carbocycles. The average Bonchev–Trinajstić information content (AvgIpc) is 2.50. The lowest BCUT2D eigenvalue weighted by molar-refractivity contribution is -0.134. The topological polar surface area (TPSA) is 63.7 Å². The van der Waals surface area contributed by atoms with Gasteiger partial charge in [-0.15, -0.1) is 0 Å². The molecule has 0 N–H and O–H groups in total. The maximum absolute atomic E-state index is 12.9. The minimum absolute atomic E-state index is 0.0682. The highest BCUT2D eigenvalue weighted by molar-refractivity contribution is 7.89. The smallest absolute Gasteiger partial charge is 0.326 e. The lowest BCUT2D eigenvalue weighted by Gasteiger charge is -2.16. The molecular weight excluding hydrogens is 380 g/mol. The van der Waals surface area contributed by atoms with Crippen LogP contribution < -0.4 is 4.74 Å². The number of sulfonamides is 1. The summed E-state index contributed by atoms with van der Waals surface area (Å²) >= 11 is 11.6. The van der Waals surface area contributed by atoms with Gasteiger partial charge in [-0.3, -0.25) is 4.79 Å². The minimum atomic E-state index is -3.95. The summed E-state index contributed by atoms with van der Waals surface area (Å²) in [5, 5.41) is 0.496. The van der Waals surface area contributed by atoms with Crippen LogP contribution >= 0.6 is 23.2 Å². The minimum Gasteiger partial charge on any atom is -0.424 e. The normalized spacial score (nSPS) is 11.5. The predicted molar refractivity (Wildman–Crippen MR) is 88.3 cm³/mol. The summed E-state index contributed by atoms with van der Waals surface area (Å²) in [5.41, 5.74) is 0. The zero-order valence-electron chi connectivity index (χ0n) is 12.4. The van der Waals surface area contributed by atoms with E-state index in [4.69, 9.17) is 27.9 Å². The van der Waals surface area contributed by atoms with Crippen LogP contribution in [0.3, 0.4) is 0 Å². The molecule has 0 bridgehead atoms. The first kappa shape index (κ1) is 18.7. The van der Waals surface area contributed by atoms with Gasteiger partial charge in [-0.2, -0.15) is 4.31 Å². The van der Waals surface area contributed by atoms with Gasteiger partial charge in [0, 0.05) is 12.1 Å². The van der Waals surface area contributed by atoms with E-state index in [1.807, 2.05) is 0 Å². The van der Waals surface area contributed by atoms with Crippen molar-refractivity contribution in [1.82, 2.24) is 4.31 Å². The summed E-state index contributed by atoms with van der Waals surface area (Å²) in [7, 11) is -2.74.